The lowest BCUT2D eigenvalue weighted by molar-refractivity contribution is -0.138. The van der Waals surface area contributed by atoms with Gasteiger partial charge in [0.25, 0.3) is 0 Å². The first-order valence-corrected chi connectivity index (χ1v) is 9.46. The zero-order chi connectivity index (χ0) is 19.9. The average Bonchev–Trinajstić information content (AvgIpc) is 2.81. The molecular formula is C19H28BF3N2O2. The van der Waals surface area contributed by atoms with Gasteiger partial charge in [-0.3, -0.25) is 4.90 Å². The normalized spacial score (nSPS) is 23.1. The molecule has 0 spiro atoms. The summed E-state index contributed by atoms with van der Waals surface area (Å²) >= 11 is 0. The van der Waals surface area contributed by atoms with Crippen LogP contribution in [-0.4, -0.2) is 62.1 Å². The molecule has 150 valence electrons. The van der Waals surface area contributed by atoms with Crippen LogP contribution in [0.3, 0.4) is 0 Å². The molecule has 3 rings (SSSR count). The van der Waals surface area contributed by atoms with Gasteiger partial charge >= 0.3 is 13.3 Å². The van der Waals surface area contributed by atoms with Crippen molar-refractivity contribution in [1.29, 1.82) is 0 Å². The molecular weight excluding hydrogens is 356 g/mol. The third-order valence-corrected chi connectivity index (χ3v) is 5.87. The first kappa shape index (κ1) is 20.5. The second kappa shape index (κ2) is 7.30. The van der Waals surface area contributed by atoms with Gasteiger partial charge in [-0.1, -0.05) is 12.1 Å². The summed E-state index contributed by atoms with van der Waals surface area (Å²) in [6, 6.07) is 8.08. The van der Waals surface area contributed by atoms with Gasteiger partial charge in [0.2, 0.25) is 0 Å². The molecule has 2 saturated heterocycles. The van der Waals surface area contributed by atoms with Crippen LogP contribution in [0.5, 0.6) is 0 Å². The van der Waals surface area contributed by atoms with Gasteiger partial charge in [0.05, 0.1) is 17.6 Å². The Labute approximate surface area is 159 Å². The number of benzene rings is 1. The molecule has 2 fully saturated rings. The molecule has 1 aromatic rings. The van der Waals surface area contributed by atoms with E-state index in [4.69, 9.17) is 9.31 Å². The lowest BCUT2D eigenvalue weighted by atomic mass is 9.79. The van der Waals surface area contributed by atoms with E-state index in [2.05, 4.69) is 4.90 Å². The quantitative estimate of drug-likeness (QED) is 0.746. The molecule has 2 aliphatic rings. The predicted octanol–water partition coefficient (Wildman–Crippen LogP) is 3.06. The van der Waals surface area contributed by atoms with E-state index in [1.807, 2.05) is 56.9 Å². The largest absolute Gasteiger partial charge is 0.494 e. The second-order valence-corrected chi connectivity index (χ2v) is 8.37. The highest BCUT2D eigenvalue weighted by Gasteiger charge is 2.51. The van der Waals surface area contributed by atoms with Crippen molar-refractivity contribution < 1.29 is 22.5 Å². The fraction of sp³-hybridized carbons (Fsp3) is 0.684. The Bertz CT molecular complexity index is 625. The van der Waals surface area contributed by atoms with E-state index in [0.717, 1.165) is 24.2 Å². The SMILES string of the molecule is CC1(C)OB(c2ccc(N3CCN(CCC(F)(F)F)CC3)cc2)OC1(C)C. The van der Waals surface area contributed by atoms with Gasteiger partial charge in [-0.25, -0.2) is 0 Å². The van der Waals surface area contributed by atoms with E-state index < -0.39 is 12.6 Å². The Morgan fingerprint density at radius 3 is 1.93 bits per heavy atom. The van der Waals surface area contributed by atoms with Gasteiger partial charge in [0.1, 0.15) is 0 Å². The van der Waals surface area contributed by atoms with Crippen LogP contribution >= 0.6 is 0 Å². The highest BCUT2D eigenvalue weighted by Crippen LogP contribution is 2.36. The van der Waals surface area contributed by atoms with Crippen LogP contribution in [-0.2, 0) is 9.31 Å². The highest BCUT2D eigenvalue weighted by molar-refractivity contribution is 6.62. The van der Waals surface area contributed by atoms with Crippen molar-refractivity contribution >= 4 is 18.3 Å². The molecule has 0 N–H and O–H groups in total. The highest BCUT2D eigenvalue weighted by atomic mass is 19.4. The molecule has 0 saturated carbocycles. The Kier molecular flexibility index (Phi) is 5.54. The lowest BCUT2D eigenvalue weighted by Crippen LogP contribution is -2.47. The molecule has 0 radical (unpaired) electrons. The molecule has 0 bridgehead atoms. The molecule has 0 atom stereocenters. The minimum atomic E-state index is -4.08. The first-order chi connectivity index (χ1) is 12.5. The van der Waals surface area contributed by atoms with Crippen molar-refractivity contribution in [3.63, 3.8) is 0 Å². The van der Waals surface area contributed by atoms with E-state index >= 15 is 0 Å². The minimum absolute atomic E-state index is 0.0816. The number of rotatable bonds is 4. The maximum Gasteiger partial charge on any atom is 0.494 e. The number of halogens is 3. The third kappa shape index (κ3) is 4.79. The van der Waals surface area contributed by atoms with Crippen molar-refractivity contribution in [3.05, 3.63) is 24.3 Å². The summed E-state index contributed by atoms with van der Waals surface area (Å²) in [4.78, 5) is 4.08. The fourth-order valence-electron chi connectivity index (χ4n) is 3.34. The minimum Gasteiger partial charge on any atom is -0.399 e. The number of nitrogens with zero attached hydrogens (tertiary/aromatic N) is 2. The summed E-state index contributed by atoms with van der Waals surface area (Å²) in [7, 11) is -0.386. The molecule has 1 aromatic carbocycles. The molecule has 4 nitrogen and oxygen atoms in total. The summed E-state index contributed by atoms with van der Waals surface area (Å²) in [5.41, 5.74) is 1.30. The summed E-state index contributed by atoms with van der Waals surface area (Å²) in [5.74, 6) is 0. The molecule has 2 heterocycles. The Morgan fingerprint density at radius 1 is 0.926 bits per heavy atom. The van der Waals surface area contributed by atoms with Crippen molar-refractivity contribution in [2.24, 2.45) is 0 Å². The summed E-state index contributed by atoms with van der Waals surface area (Å²) in [6.45, 7) is 10.9. The summed E-state index contributed by atoms with van der Waals surface area (Å²) in [5, 5.41) is 0. The summed E-state index contributed by atoms with van der Waals surface area (Å²) < 4.78 is 49.2. The summed E-state index contributed by atoms with van der Waals surface area (Å²) in [6.07, 6.45) is -4.82. The first-order valence-electron chi connectivity index (χ1n) is 9.46. The molecule has 0 aliphatic carbocycles. The Balaban J connectivity index is 1.55. The van der Waals surface area contributed by atoms with Gasteiger partial charge in [0, 0.05) is 38.4 Å². The van der Waals surface area contributed by atoms with Gasteiger partial charge in [-0.2, -0.15) is 13.2 Å². The zero-order valence-electron chi connectivity index (χ0n) is 16.5. The molecule has 0 unspecified atom stereocenters. The molecule has 0 amide bonds. The number of hydrogen-bond acceptors (Lipinski definition) is 4. The fourth-order valence-corrected chi connectivity index (χ4v) is 3.34. The lowest BCUT2D eigenvalue weighted by Gasteiger charge is -2.36. The zero-order valence-corrected chi connectivity index (χ0v) is 16.5. The monoisotopic (exact) mass is 384 g/mol. The van der Waals surface area contributed by atoms with Crippen molar-refractivity contribution in [1.82, 2.24) is 4.90 Å². The number of anilines is 1. The van der Waals surface area contributed by atoms with Crippen molar-refractivity contribution in [2.75, 3.05) is 37.6 Å². The van der Waals surface area contributed by atoms with Crippen LogP contribution in [0.2, 0.25) is 0 Å². The smallest absolute Gasteiger partial charge is 0.399 e. The topological polar surface area (TPSA) is 24.9 Å². The number of hydrogen-bond donors (Lipinski definition) is 0. The maximum absolute atomic E-state index is 12.4. The average molecular weight is 384 g/mol. The predicted molar refractivity (Wildman–Crippen MR) is 101 cm³/mol. The van der Waals surface area contributed by atoms with Gasteiger partial charge < -0.3 is 14.2 Å². The number of alkyl halides is 3. The van der Waals surface area contributed by atoms with Gasteiger partial charge in [-0.05, 0) is 45.3 Å². The van der Waals surface area contributed by atoms with Gasteiger partial charge in [-0.15, -0.1) is 0 Å². The molecule has 0 aromatic heterocycles. The van der Waals surface area contributed by atoms with E-state index in [1.54, 1.807) is 0 Å². The molecule has 8 heteroatoms. The standard InChI is InChI=1S/C19H28BF3N2O2/c1-17(2)18(3,4)27-20(26-17)15-5-7-16(8-6-15)25-13-11-24(12-14-25)10-9-19(21,22)23/h5-8H,9-14H2,1-4H3. The van der Waals surface area contributed by atoms with Crippen LogP contribution < -0.4 is 10.4 Å². The Hall–Kier alpha value is -1.25. The molecule has 27 heavy (non-hydrogen) atoms. The van der Waals surface area contributed by atoms with Crippen molar-refractivity contribution in [3.8, 4) is 0 Å². The van der Waals surface area contributed by atoms with E-state index in [1.165, 1.54) is 0 Å². The van der Waals surface area contributed by atoms with E-state index in [9.17, 15) is 13.2 Å². The van der Waals surface area contributed by atoms with Crippen LogP contribution in [0.1, 0.15) is 34.1 Å². The van der Waals surface area contributed by atoms with Crippen LogP contribution in [0.4, 0.5) is 18.9 Å². The van der Waals surface area contributed by atoms with Crippen molar-refractivity contribution in [2.45, 2.75) is 51.5 Å². The maximum atomic E-state index is 12.4. The van der Waals surface area contributed by atoms with Crippen LogP contribution in [0, 0.1) is 0 Å². The van der Waals surface area contributed by atoms with Gasteiger partial charge in [0.15, 0.2) is 0 Å². The van der Waals surface area contributed by atoms with E-state index in [-0.39, 0.29) is 24.9 Å². The van der Waals surface area contributed by atoms with Crippen LogP contribution in [0.25, 0.3) is 0 Å². The third-order valence-electron chi connectivity index (χ3n) is 5.87. The van der Waals surface area contributed by atoms with Crippen LogP contribution in [0.15, 0.2) is 24.3 Å². The second-order valence-electron chi connectivity index (χ2n) is 8.37. The Morgan fingerprint density at radius 2 is 1.44 bits per heavy atom. The number of piperazine rings is 1. The molecule has 2 aliphatic heterocycles. The van der Waals surface area contributed by atoms with E-state index in [0.29, 0.717) is 13.1 Å².